The number of amides is 1. The zero-order chi connectivity index (χ0) is 25.7. The van der Waals surface area contributed by atoms with Gasteiger partial charge >= 0.3 is 0 Å². The molecule has 188 valence electrons. The SMILES string of the molecule is CNC(=O)c1cc(OC)cc(N(CCO)c2ccc3c(C)cc(-c4cnn(CCOC)c4)nc3c2)c1. The number of rotatable bonds is 10. The number of nitrogens with zero attached hydrogens (tertiary/aromatic N) is 4. The van der Waals surface area contributed by atoms with Gasteiger partial charge in [-0.1, -0.05) is 6.07 Å². The number of aryl methyl sites for hydroxylation is 1. The van der Waals surface area contributed by atoms with E-state index < -0.39 is 0 Å². The fourth-order valence-corrected chi connectivity index (χ4v) is 4.15. The molecule has 2 N–H and O–H groups in total. The Bertz CT molecular complexity index is 1370. The lowest BCUT2D eigenvalue weighted by Gasteiger charge is -2.25. The van der Waals surface area contributed by atoms with E-state index in [4.69, 9.17) is 14.5 Å². The Labute approximate surface area is 210 Å². The first-order valence-electron chi connectivity index (χ1n) is 11.7. The maximum absolute atomic E-state index is 12.3. The van der Waals surface area contributed by atoms with E-state index >= 15 is 0 Å². The van der Waals surface area contributed by atoms with Gasteiger partial charge in [-0.15, -0.1) is 0 Å². The van der Waals surface area contributed by atoms with Gasteiger partial charge in [0.25, 0.3) is 5.91 Å². The van der Waals surface area contributed by atoms with Crippen molar-refractivity contribution < 1.29 is 19.4 Å². The normalized spacial score (nSPS) is 11.0. The highest BCUT2D eigenvalue weighted by molar-refractivity contribution is 5.96. The van der Waals surface area contributed by atoms with Gasteiger partial charge in [0.15, 0.2) is 0 Å². The minimum atomic E-state index is -0.217. The second-order valence-corrected chi connectivity index (χ2v) is 8.38. The molecule has 2 aromatic heterocycles. The molecule has 0 spiro atoms. The average molecular weight is 490 g/mol. The van der Waals surface area contributed by atoms with Gasteiger partial charge in [0, 0.05) is 60.9 Å². The van der Waals surface area contributed by atoms with Crippen LogP contribution in [0.2, 0.25) is 0 Å². The lowest BCUT2D eigenvalue weighted by molar-refractivity contribution is 0.0962. The number of aliphatic hydroxyl groups is 1. The van der Waals surface area contributed by atoms with Gasteiger partial charge in [0.2, 0.25) is 0 Å². The summed E-state index contributed by atoms with van der Waals surface area (Å²) in [6, 6.07) is 13.4. The Kier molecular flexibility index (Phi) is 7.82. The minimum absolute atomic E-state index is 0.0717. The van der Waals surface area contributed by atoms with Crippen LogP contribution in [0.3, 0.4) is 0 Å². The third-order valence-electron chi connectivity index (χ3n) is 6.02. The van der Waals surface area contributed by atoms with E-state index in [1.807, 2.05) is 46.2 Å². The summed E-state index contributed by atoms with van der Waals surface area (Å²) in [5, 5.41) is 17.9. The largest absolute Gasteiger partial charge is 0.497 e. The molecule has 2 heterocycles. The van der Waals surface area contributed by atoms with Gasteiger partial charge in [-0.05, 0) is 42.8 Å². The van der Waals surface area contributed by atoms with E-state index in [2.05, 4.69) is 23.4 Å². The van der Waals surface area contributed by atoms with Gasteiger partial charge in [0.05, 0.1) is 44.3 Å². The van der Waals surface area contributed by atoms with Crippen molar-refractivity contribution in [3.63, 3.8) is 0 Å². The highest BCUT2D eigenvalue weighted by atomic mass is 16.5. The highest BCUT2D eigenvalue weighted by Crippen LogP contribution is 2.33. The van der Waals surface area contributed by atoms with Crippen molar-refractivity contribution in [3.05, 3.63) is 66.0 Å². The van der Waals surface area contributed by atoms with Crippen molar-refractivity contribution >= 4 is 28.2 Å². The van der Waals surface area contributed by atoms with Crippen LogP contribution in [-0.2, 0) is 11.3 Å². The number of aromatic nitrogens is 3. The predicted octanol–water partition coefficient (Wildman–Crippen LogP) is 3.55. The van der Waals surface area contributed by atoms with Crippen LogP contribution in [0.25, 0.3) is 22.2 Å². The number of nitrogens with one attached hydrogen (secondary N) is 1. The van der Waals surface area contributed by atoms with E-state index in [9.17, 15) is 9.90 Å². The van der Waals surface area contributed by atoms with Crippen LogP contribution in [0.5, 0.6) is 5.75 Å². The quantitative estimate of drug-likeness (QED) is 0.351. The molecule has 4 aromatic rings. The number of carbonyl (C=O) groups is 1. The Morgan fingerprint density at radius 1 is 1.14 bits per heavy atom. The molecular formula is C27H31N5O4. The molecule has 1 amide bonds. The number of fused-ring (bicyclic) bond motifs is 1. The van der Waals surface area contributed by atoms with Gasteiger partial charge < -0.3 is 24.8 Å². The van der Waals surface area contributed by atoms with E-state index in [0.29, 0.717) is 31.0 Å². The summed E-state index contributed by atoms with van der Waals surface area (Å²) in [6.07, 6.45) is 3.77. The number of benzene rings is 2. The molecule has 0 unspecified atom stereocenters. The third-order valence-corrected chi connectivity index (χ3v) is 6.02. The zero-order valence-electron chi connectivity index (χ0n) is 21.0. The fourth-order valence-electron chi connectivity index (χ4n) is 4.15. The van der Waals surface area contributed by atoms with Gasteiger partial charge in [-0.25, -0.2) is 4.98 Å². The van der Waals surface area contributed by atoms with Crippen molar-refractivity contribution in [2.24, 2.45) is 0 Å². The smallest absolute Gasteiger partial charge is 0.251 e. The Balaban J connectivity index is 1.77. The fraction of sp³-hybridized carbons (Fsp3) is 0.296. The third kappa shape index (κ3) is 5.32. The summed E-state index contributed by atoms with van der Waals surface area (Å²) in [6.45, 7) is 3.57. The molecule has 0 saturated carbocycles. The maximum Gasteiger partial charge on any atom is 0.251 e. The summed E-state index contributed by atoms with van der Waals surface area (Å²) in [7, 11) is 4.81. The Hall–Kier alpha value is -3.95. The second-order valence-electron chi connectivity index (χ2n) is 8.38. The van der Waals surface area contributed by atoms with Crippen LogP contribution in [0.4, 0.5) is 11.4 Å². The van der Waals surface area contributed by atoms with Gasteiger partial charge in [-0.2, -0.15) is 5.10 Å². The van der Waals surface area contributed by atoms with Crippen molar-refractivity contribution in [2.45, 2.75) is 13.5 Å². The summed E-state index contributed by atoms with van der Waals surface area (Å²) < 4.78 is 12.4. The number of hydrogen-bond donors (Lipinski definition) is 2. The molecule has 0 aliphatic carbocycles. The molecule has 0 radical (unpaired) electrons. The molecular weight excluding hydrogens is 458 g/mol. The molecule has 0 aliphatic rings. The minimum Gasteiger partial charge on any atom is -0.497 e. The van der Waals surface area contributed by atoms with Crippen LogP contribution in [-0.4, -0.2) is 66.8 Å². The Morgan fingerprint density at radius 3 is 2.69 bits per heavy atom. The first-order chi connectivity index (χ1) is 17.5. The molecule has 9 heteroatoms. The monoisotopic (exact) mass is 489 g/mol. The molecule has 0 bridgehead atoms. The van der Waals surface area contributed by atoms with Gasteiger partial charge in [-0.3, -0.25) is 9.48 Å². The standard InChI is InChI=1S/C27H31N5O4/c1-18-11-25(20-16-29-31(17-20)8-10-35-3)30-26-15-21(5-6-24(18)26)32(7-9-33)22-12-19(27(34)28-2)13-23(14-22)36-4/h5-6,11-17,33H,7-10H2,1-4H3,(H,28,34). The van der Waals surface area contributed by atoms with Crippen LogP contribution < -0.4 is 15.0 Å². The first-order valence-corrected chi connectivity index (χ1v) is 11.7. The van der Waals surface area contributed by atoms with Crippen molar-refractivity contribution in [1.29, 1.82) is 0 Å². The number of anilines is 2. The zero-order valence-corrected chi connectivity index (χ0v) is 21.0. The molecule has 36 heavy (non-hydrogen) atoms. The first kappa shape index (κ1) is 25.2. The summed E-state index contributed by atoms with van der Waals surface area (Å²) >= 11 is 0. The van der Waals surface area contributed by atoms with Gasteiger partial charge in [0.1, 0.15) is 5.75 Å². The van der Waals surface area contributed by atoms with Crippen LogP contribution in [0.1, 0.15) is 15.9 Å². The predicted molar refractivity (Wildman–Crippen MR) is 140 cm³/mol. The van der Waals surface area contributed by atoms with E-state index in [0.717, 1.165) is 39.1 Å². The number of carbonyl (C=O) groups excluding carboxylic acids is 1. The lowest BCUT2D eigenvalue weighted by atomic mass is 10.1. The summed E-state index contributed by atoms with van der Waals surface area (Å²) in [5.74, 6) is 0.335. The topological polar surface area (TPSA) is 102 Å². The van der Waals surface area contributed by atoms with Crippen LogP contribution >= 0.6 is 0 Å². The molecule has 2 aromatic carbocycles. The highest BCUT2D eigenvalue weighted by Gasteiger charge is 2.16. The maximum atomic E-state index is 12.3. The Morgan fingerprint density at radius 2 is 1.97 bits per heavy atom. The second kappa shape index (κ2) is 11.2. The van der Waals surface area contributed by atoms with Crippen LogP contribution in [0, 0.1) is 6.92 Å². The molecule has 0 saturated heterocycles. The molecule has 0 aliphatic heterocycles. The molecule has 4 rings (SSSR count). The van der Waals surface area contributed by atoms with Crippen molar-refractivity contribution in [3.8, 4) is 17.0 Å². The van der Waals surface area contributed by atoms with Crippen molar-refractivity contribution in [2.75, 3.05) is 45.9 Å². The summed E-state index contributed by atoms with van der Waals surface area (Å²) in [4.78, 5) is 19.2. The lowest BCUT2D eigenvalue weighted by Crippen LogP contribution is -2.23. The molecule has 9 nitrogen and oxygen atoms in total. The van der Waals surface area contributed by atoms with Crippen molar-refractivity contribution in [1.82, 2.24) is 20.1 Å². The van der Waals surface area contributed by atoms with E-state index in [1.54, 1.807) is 33.4 Å². The molecule has 0 fully saturated rings. The number of pyridine rings is 1. The average Bonchev–Trinajstić information content (AvgIpc) is 3.38. The number of methoxy groups -OCH3 is 2. The van der Waals surface area contributed by atoms with E-state index in [1.165, 1.54) is 0 Å². The van der Waals surface area contributed by atoms with E-state index in [-0.39, 0.29) is 12.5 Å². The summed E-state index contributed by atoms with van der Waals surface area (Å²) in [5.41, 5.74) is 5.72. The molecule has 0 atom stereocenters. The number of hydrogen-bond acceptors (Lipinski definition) is 7. The van der Waals surface area contributed by atoms with Crippen LogP contribution in [0.15, 0.2) is 54.9 Å². The number of ether oxygens (including phenoxy) is 2. The number of aliphatic hydroxyl groups excluding tert-OH is 1.